The zero-order valence-electron chi connectivity index (χ0n) is 8.42. The lowest BCUT2D eigenvalue weighted by atomic mass is 10.3. The Morgan fingerprint density at radius 1 is 1.33 bits per heavy atom. The maximum absolute atomic E-state index is 11.6. The van der Waals surface area contributed by atoms with Crippen LogP contribution in [0.2, 0.25) is 0 Å². The van der Waals surface area contributed by atoms with Gasteiger partial charge in [0.05, 0.1) is 23.5 Å². The van der Waals surface area contributed by atoms with Crippen molar-refractivity contribution in [1.82, 2.24) is 0 Å². The van der Waals surface area contributed by atoms with Crippen LogP contribution >= 0.6 is 0 Å². The van der Waals surface area contributed by atoms with E-state index in [-0.39, 0.29) is 17.3 Å². The van der Waals surface area contributed by atoms with Crippen LogP contribution in [-0.2, 0) is 24.4 Å². The first-order chi connectivity index (χ1) is 6.78. The summed E-state index contributed by atoms with van der Waals surface area (Å²) >= 11 is 0. The molecule has 0 aromatic carbocycles. The molecule has 15 heavy (non-hydrogen) atoms. The molecule has 1 rings (SSSR count). The van der Waals surface area contributed by atoms with Gasteiger partial charge in [0.25, 0.3) is 0 Å². The van der Waals surface area contributed by atoms with E-state index in [9.17, 15) is 16.8 Å². The van der Waals surface area contributed by atoms with Crippen molar-refractivity contribution in [2.75, 3.05) is 17.3 Å². The van der Waals surface area contributed by atoms with E-state index in [4.69, 9.17) is 4.74 Å². The van der Waals surface area contributed by atoms with Crippen LogP contribution in [0.4, 0.5) is 0 Å². The van der Waals surface area contributed by atoms with Crippen molar-refractivity contribution < 1.29 is 21.6 Å². The Labute approximate surface area is 90.0 Å². The van der Waals surface area contributed by atoms with Gasteiger partial charge < -0.3 is 4.74 Å². The van der Waals surface area contributed by atoms with Gasteiger partial charge in [0.1, 0.15) is 11.4 Å². The monoisotopic (exact) mass is 254 g/mol. The third kappa shape index (κ3) is 2.94. The summed E-state index contributed by atoms with van der Waals surface area (Å²) in [5.41, 5.74) is 0. The SMILES string of the molecule is C=COC(C)C1CS(=O)(=O)CCS1(=O)=O. The smallest absolute Gasteiger partial charge is 0.158 e. The fourth-order valence-electron chi connectivity index (χ4n) is 1.50. The maximum atomic E-state index is 11.6. The number of hydrogen-bond donors (Lipinski definition) is 0. The molecular weight excluding hydrogens is 240 g/mol. The second-order valence-electron chi connectivity index (χ2n) is 3.53. The molecule has 2 atom stereocenters. The van der Waals surface area contributed by atoms with E-state index in [2.05, 4.69) is 6.58 Å². The van der Waals surface area contributed by atoms with Gasteiger partial charge in [-0.3, -0.25) is 0 Å². The summed E-state index contributed by atoms with van der Waals surface area (Å²) in [4.78, 5) is 0. The molecule has 0 aliphatic carbocycles. The number of rotatable bonds is 3. The Balaban J connectivity index is 2.96. The fourth-order valence-corrected chi connectivity index (χ4v) is 6.78. The van der Waals surface area contributed by atoms with Crippen molar-refractivity contribution in [1.29, 1.82) is 0 Å². The van der Waals surface area contributed by atoms with Crippen LogP contribution in [0.15, 0.2) is 12.8 Å². The summed E-state index contributed by atoms with van der Waals surface area (Å²) in [6.45, 7) is 4.85. The number of ether oxygens (including phenoxy) is 1. The molecule has 0 amide bonds. The van der Waals surface area contributed by atoms with E-state index in [0.717, 1.165) is 6.26 Å². The summed E-state index contributed by atoms with van der Waals surface area (Å²) in [6, 6.07) is 0. The molecule has 0 bridgehead atoms. The predicted octanol–water partition coefficient (Wildman–Crippen LogP) is -0.253. The molecule has 7 heteroatoms. The third-order valence-electron chi connectivity index (χ3n) is 2.39. The Morgan fingerprint density at radius 3 is 2.47 bits per heavy atom. The Hall–Kier alpha value is -0.560. The summed E-state index contributed by atoms with van der Waals surface area (Å²) < 4.78 is 50.8. The minimum absolute atomic E-state index is 0.285. The highest BCUT2D eigenvalue weighted by atomic mass is 32.2. The van der Waals surface area contributed by atoms with Crippen molar-refractivity contribution in [2.45, 2.75) is 18.3 Å². The van der Waals surface area contributed by atoms with Gasteiger partial charge in [0.15, 0.2) is 19.7 Å². The molecule has 0 aromatic rings. The molecule has 2 unspecified atom stereocenters. The molecule has 0 aromatic heterocycles. The Kier molecular flexibility index (Phi) is 3.44. The molecule has 1 heterocycles. The molecule has 0 spiro atoms. The van der Waals surface area contributed by atoms with Crippen LogP contribution in [-0.4, -0.2) is 45.4 Å². The van der Waals surface area contributed by atoms with Gasteiger partial charge >= 0.3 is 0 Å². The van der Waals surface area contributed by atoms with E-state index in [1.807, 2.05) is 0 Å². The minimum atomic E-state index is -3.37. The first kappa shape index (κ1) is 12.5. The molecule has 0 saturated carbocycles. The van der Waals surface area contributed by atoms with Crippen LogP contribution in [0, 0.1) is 0 Å². The molecule has 5 nitrogen and oxygen atoms in total. The van der Waals surface area contributed by atoms with Crippen LogP contribution in [0.1, 0.15) is 6.92 Å². The van der Waals surface area contributed by atoms with Crippen molar-refractivity contribution >= 4 is 19.7 Å². The van der Waals surface area contributed by atoms with Gasteiger partial charge in [0, 0.05) is 0 Å². The molecule has 1 aliphatic heterocycles. The average Bonchev–Trinajstić information content (AvgIpc) is 2.10. The highest BCUT2D eigenvalue weighted by molar-refractivity contribution is 7.98. The lowest BCUT2D eigenvalue weighted by Gasteiger charge is -2.26. The highest BCUT2D eigenvalue weighted by Crippen LogP contribution is 2.19. The fraction of sp³-hybridized carbons (Fsp3) is 0.750. The van der Waals surface area contributed by atoms with E-state index >= 15 is 0 Å². The van der Waals surface area contributed by atoms with Gasteiger partial charge in [-0.15, -0.1) is 0 Å². The Morgan fingerprint density at radius 2 is 1.93 bits per heavy atom. The van der Waals surface area contributed by atoms with E-state index in [1.54, 1.807) is 0 Å². The largest absolute Gasteiger partial charge is 0.498 e. The first-order valence-corrected chi connectivity index (χ1v) is 8.00. The Bertz CT molecular complexity index is 434. The first-order valence-electron chi connectivity index (χ1n) is 4.47. The summed E-state index contributed by atoms with van der Waals surface area (Å²) in [5, 5.41) is -0.978. The highest BCUT2D eigenvalue weighted by Gasteiger charge is 2.40. The van der Waals surface area contributed by atoms with E-state index in [0.29, 0.717) is 0 Å². The molecule has 0 radical (unpaired) electrons. The van der Waals surface area contributed by atoms with Gasteiger partial charge in [-0.05, 0) is 6.92 Å². The number of sulfone groups is 2. The van der Waals surface area contributed by atoms with E-state index in [1.165, 1.54) is 6.92 Å². The van der Waals surface area contributed by atoms with Crippen molar-refractivity contribution in [3.63, 3.8) is 0 Å². The maximum Gasteiger partial charge on any atom is 0.158 e. The van der Waals surface area contributed by atoms with Crippen LogP contribution < -0.4 is 0 Å². The predicted molar refractivity (Wildman–Crippen MR) is 57.0 cm³/mol. The molecule has 1 saturated heterocycles. The van der Waals surface area contributed by atoms with E-state index < -0.39 is 31.0 Å². The van der Waals surface area contributed by atoms with Crippen LogP contribution in [0.5, 0.6) is 0 Å². The van der Waals surface area contributed by atoms with Crippen molar-refractivity contribution in [2.24, 2.45) is 0 Å². The van der Waals surface area contributed by atoms with Gasteiger partial charge in [-0.1, -0.05) is 6.58 Å². The zero-order valence-corrected chi connectivity index (χ0v) is 10.1. The minimum Gasteiger partial charge on any atom is -0.498 e. The third-order valence-corrected chi connectivity index (χ3v) is 6.80. The summed E-state index contributed by atoms with van der Waals surface area (Å²) in [7, 11) is -6.63. The topological polar surface area (TPSA) is 77.5 Å². The molecule has 1 aliphatic rings. The van der Waals surface area contributed by atoms with Crippen LogP contribution in [0.3, 0.4) is 0 Å². The number of hydrogen-bond acceptors (Lipinski definition) is 5. The lowest BCUT2D eigenvalue weighted by Crippen LogP contribution is -2.46. The lowest BCUT2D eigenvalue weighted by molar-refractivity contribution is 0.161. The second-order valence-corrected chi connectivity index (χ2v) is 8.10. The zero-order chi connectivity index (χ0) is 11.7. The van der Waals surface area contributed by atoms with Crippen molar-refractivity contribution in [3.05, 3.63) is 12.8 Å². The second kappa shape index (κ2) is 4.13. The van der Waals surface area contributed by atoms with Crippen molar-refractivity contribution in [3.8, 4) is 0 Å². The average molecular weight is 254 g/mol. The van der Waals surface area contributed by atoms with Crippen LogP contribution in [0.25, 0.3) is 0 Å². The normalized spacial score (nSPS) is 30.3. The van der Waals surface area contributed by atoms with Gasteiger partial charge in [-0.2, -0.15) is 0 Å². The summed E-state index contributed by atoms with van der Waals surface area (Å²) in [5.74, 6) is -0.957. The quantitative estimate of drug-likeness (QED) is 0.649. The molecule has 0 N–H and O–H groups in total. The molecule has 1 fully saturated rings. The summed E-state index contributed by atoms with van der Waals surface area (Å²) in [6.07, 6.45) is 0.448. The molecule has 88 valence electrons. The molecular formula is C8H14O5S2. The van der Waals surface area contributed by atoms with Gasteiger partial charge in [0.2, 0.25) is 0 Å². The van der Waals surface area contributed by atoms with Gasteiger partial charge in [-0.25, -0.2) is 16.8 Å². The standard InChI is InChI=1S/C8H14O5S2/c1-3-13-7(2)8-6-14(9,10)4-5-15(8,11)12/h3,7-8H,1,4-6H2,2H3.